The van der Waals surface area contributed by atoms with Crippen LogP contribution < -0.4 is 16.0 Å². The Bertz CT molecular complexity index is 905. The van der Waals surface area contributed by atoms with Crippen molar-refractivity contribution in [1.82, 2.24) is 9.47 Å². The monoisotopic (exact) mass is 365 g/mol. The van der Waals surface area contributed by atoms with Crippen LogP contribution in [0.3, 0.4) is 0 Å². The number of hydrogen-bond donors (Lipinski definition) is 3. The van der Waals surface area contributed by atoms with Crippen molar-refractivity contribution in [2.75, 3.05) is 13.6 Å². The fourth-order valence-electron chi connectivity index (χ4n) is 4.24. The third-order valence-electron chi connectivity index (χ3n) is 5.78. The van der Waals surface area contributed by atoms with Crippen LogP contribution in [-0.4, -0.2) is 34.9 Å². The van der Waals surface area contributed by atoms with Crippen molar-refractivity contribution in [3.63, 3.8) is 0 Å². The molecular weight excluding hydrogens is 338 g/mol. The van der Waals surface area contributed by atoms with Gasteiger partial charge < -0.3 is 10.5 Å². The summed E-state index contributed by atoms with van der Waals surface area (Å²) in [5.41, 5.74) is 8.85. The zero-order valence-electron chi connectivity index (χ0n) is 15.7. The molecule has 142 valence electrons. The number of rotatable bonds is 3. The van der Waals surface area contributed by atoms with Gasteiger partial charge in [0.2, 0.25) is 0 Å². The molecule has 1 aromatic heterocycles. The molecule has 3 atom stereocenters. The van der Waals surface area contributed by atoms with E-state index in [1.807, 2.05) is 25.2 Å². The van der Waals surface area contributed by atoms with Crippen molar-refractivity contribution >= 4 is 5.84 Å². The van der Waals surface area contributed by atoms with Gasteiger partial charge in [-0.3, -0.25) is 20.3 Å². The van der Waals surface area contributed by atoms with Crippen LogP contribution in [0.15, 0.2) is 42.6 Å². The molecule has 0 radical (unpaired) electrons. The first-order chi connectivity index (χ1) is 13.0. The Labute approximate surface area is 159 Å². The third-order valence-corrected chi connectivity index (χ3v) is 5.78. The number of pyridine rings is 1. The highest BCUT2D eigenvalue weighted by atomic mass is 16.5. The quantitative estimate of drug-likeness (QED) is 0.577. The second-order valence-electron chi connectivity index (χ2n) is 7.56. The maximum Gasteiger partial charge on any atom is 0.137 e. The summed E-state index contributed by atoms with van der Waals surface area (Å²) in [6.45, 7) is 0.996. The SMILES string of the molecule is CN1CCCC1C(=N)n1cc(OC2CCC(N)c3ccccc32)ccc1=N. The largest absolute Gasteiger partial charge is 0.484 e. The van der Waals surface area contributed by atoms with E-state index in [2.05, 4.69) is 17.0 Å². The molecule has 6 nitrogen and oxygen atoms in total. The molecule has 4 N–H and O–H groups in total. The van der Waals surface area contributed by atoms with E-state index in [4.69, 9.17) is 21.3 Å². The number of likely N-dealkylation sites (tertiary alicyclic amines) is 1. The van der Waals surface area contributed by atoms with Crippen molar-refractivity contribution in [3.05, 3.63) is 59.2 Å². The Morgan fingerprint density at radius 1 is 1.11 bits per heavy atom. The maximum absolute atomic E-state index is 8.59. The number of ether oxygens (including phenoxy) is 1. The minimum Gasteiger partial charge on any atom is -0.484 e. The lowest BCUT2D eigenvalue weighted by Gasteiger charge is -2.30. The molecule has 2 aromatic rings. The van der Waals surface area contributed by atoms with Gasteiger partial charge in [0.1, 0.15) is 23.2 Å². The summed E-state index contributed by atoms with van der Waals surface area (Å²) < 4.78 is 7.94. The predicted molar refractivity (Wildman–Crippen MR) is 105 cm³/mol. The third kappa shape index (κ3) is 3.42. The molecule has 4 rings (SSSR count). The fourth-order valence-corrected chi connectivity index (χ4v) is 4.24. The van der Waals surface area contributed by atoms with E-state index in [1.54, 1.807) is 16.8 Å². The van der Waals surface area contributed by atoms with Crippen LogP contribution >= 0.6 is 0 Å². The Morgan fingerprint density at radius 3 is 2.63 bits per heavy atom. The highest BCUT2D eigenvalue weighted by Gasteiger charge is 2.28. The molecule has 6 heteroatoms. The molecule has 1 saturated heterocycles. The molecular formula is C21H27N5O. The molecule has 1 fully saturated rings. The van der Waals surface area contributed by atoms with Crippen molar-refractivity contribution < 1.29 is 4.74 Å². The number of nitrogens with two attached hydrogens (primary N) is 1. The predicted octanol–water partition coefficient (Wildman–Crippen LogP) is 2.80. The topological polar surface area (TPSA) is 91.1 Å². The van der Waals surface area contributed by atoms with Crippen LogP contribution in [-0.2, 0) is 0 Å². The summed E-state index contributed by atoms with van der Waals surface area (Å²) in [6.07, 6.45) is 5.54. The summed E-state index contributed by atoms with van der Waals surface area (Å²) in [4.78, 5) is 2.18. The van der Waals surface area contributed by atoms with Gasteiger partial charge in [-0.05, 0) is 62.5 Å². The van der Waals surface area contributed by atoms with Gasteiger partial charge >= 0.3 is 0 Å². The number of nitrogens with zero attached hydrogens (tertiary/aromatic N) is 2. The first-order valence-corrected chi connectivity index (χ1v) is 9.62. The van der Waals surface area contributed by atoms with E-state index in [1.165, 1.54) is 0 Å². The van der Waals surface area contributed by atoms with Gasteiger partial charge in [-0.15, -0.1) is 0 Å². The summed E-state index contributed by atoms with van der Waals surface area (Å²) in [5, 5.41) is 16.8. The zero-order valence-corrected chi connectivity index (χ0v) is 15.7. The van der Waals surface area contributed by atoms with Gasteiger partial charge in [0.05, 0.1) is 12.2 Å². The number of fused-ring (bicyclic) bond motifs is 1. The van der Waals surface area contributed by atoms with Crippen molar-refractivity contribution in [2.45, 2.75) is 43.9 Å². The lowest BCUT2D eigenvalue weighted by atomic mass is 9.86. The van der Waals surface area contributed by atoms with Gasteiger partial charge in [0, 0.05) is 6.04 Å². The van der Waals surface area contributed by atoms with E-state index in [0.717, 1.165) is 43.4 Å². The first-order valence-electron chi connectivity index (χ1n) is 9.62. The van der Waals surface area contributed by atoms with Crippen LogP contribution in [0.2, 0.25) is 0 Å². The molecule has 2 heterocycles. The highest BCUT2D eigenvalue weighted by Crippen LogP contribution is 2.37. The van der Waals surface area contributed by atoms with Crippen LogP contribution in [0.4, 0.5) is 0 Å². The van der Waals surface area contributed by atoms with Crippen LogP contribution in [0.1, 0.15) is 49.0 Å². The number of hydrogen-bond acceptors (Lipinski definition) is 5. The second-order valence-corrected chi connectivity index (χ2v) is 7.56. The van der Waals surface area contributed by atoms with Crippen molar-refractivity contribution in [3.8, 4) is 5.75 Å². The van der Waals surface area contributed by atoms with E-state index < -0.39 is 0 Å². The lowest BCUT2D eigenvalue weighted by Crippen LogP contribution is -2.40. The zero-order chi connectivity index (χ0) is 19.0. The Morgan fingerprint density at radius 2 is 1.89 bits per heavy atom. The van der Waals surface area contributed by atoms with E-state index in [0.29, 0.717) is 17.1 Å². The van der Waals surface area contributed by atoms with Gasteiger partial charge in [0.15, 0.2) is 0 Å². The highest BCUT2D eigenvalue weighted by molar-refractivity contribution is 5.87. The molecule has 0 amide bonds. The van der Waals surface area contributed by atoms with Gasteiger partial charge in [-0.2, -0.15) is 0 Å². The number of aromatic nitrogens is 1. The summed E-state index contributed by atoms with van der Waals surface area (Å²) in [6, 6.07) is 11.8. The standard InChI is InChI=1S/C21H27N5O/c1-25-12-4-7-18(25)21(24)26-13-14(8-11-20(26)23)27-19-10-9-17(22)15-5-2-3-6-16(15)19/h2-3,5-6,8,11,13,17-19,23-24H,4,7,9-10,12,22H2,1H3. The van der Waals surface area contributed by atoms with Crippen LogP contribution in [0.5, 0.6) is 5.75 Å². The summed E-state index contributed by atoms with van der Waals surface area (Å²) in [5.74, 6) is 1.13. The summed E-state index contributed by atoms with van der Waals surface area (Å²) >= 11 is 0. The molecule has 3 unspecified atom stereocenters. The molecule has 1 aliphatic heterocycles. The smallest absolute Gasteiger partial charge is 0.137 e. The Balaban J connectivity index is 1.60. The summed E-state index contributed by atoms with van der Waals surface area (Å²) in [7, 11) is 2.04. The van der Waals surface area contributed by atoms with Crippen molar-refractivity contribution in [1.29, 1.82) is 10.8 Å². The number of nitrogens with one attached hydrogen (secondary N) is 2. The maximum atomic E-state index is 8.59. The Kier molecular flexibility index (Phi) is 4.85. The first kappa shape index (κ1) is 17.9. The van der Waals surface area contributed by atoms with E-state index in [-0.39, 0.29) is 18.2 Å². The number of likely N-dealkylation sites (N-methyl/N-ethyl adjacent to an activating group) is 1. The fraction of sp³-hybridized carbons (Fsp3) is 0.429. The van der Waals surface area contributed by atoms with Crippen LogP contribution in [0.25, 0.3) is 0 Å². The van der Waals surface area contributed by atoms with Gasteiger partial charge in [-0.1, -0.05) is 24.3 Å². The molecule has 1 aliphatic carbocycles. The molecule has 2 aliphatic rings. The Hall–Kier alpha value is -2.44. The molecule has 0 saturated carbocycles. The van der Waals surface area contributed by atoms with E-state index >= 15 is 0 Å². The minimum atomic E-state index is -0.0469. The average Bonchev–Trinajstić information content (AvgIpc) is 3.11. The minimum absolute atomic E-state index is 0.0469. The van der Waals surface area contributed by atoms with Crippen molar-refractivity contribution in [2.24, 2.45) is 5.73 Å². The van der Waals surface area contributed by atoms with Gasteiger partial charge in [-0.25, -0.2) is 0 Å². The second kappa shape index (κ2) is 7.29. The molecule has 0 spiro atoms. The van der Waals surface area contributed by atoms with Crippen LogP contribution in [0, 0.1) is 10.8 Å². The normalized spacial score (nSPS) is 25.2. The van der Waals surface area contributed by atoms with E-state index in [9.17, 15) is 0 Å². The average molecular weight is 365 g/mol. The van der Waals surface area contributed by atoms with Gasteiger partial charge in [0.25, 0.3) is 0 Å². The molecule has 0 bridgehead atoms. The molecule has 1 aromatic carbocycles. The number of benzene rings is 1. The lowest BCUT2D eigenvalue weighted by molar-refractivity contribution is 0.176. The molecule has 27 heavy (non-hydrogen) atoms.